The molecule has 3 N–H and O–H groups in total. The predicted molar refractivity (Wildman–Crippen MR) is 49.9 cm³/mol. The Morgan fingerprint density at radius 2 is 1.77 bits per heavy atom. The van der Waals surface area contributed by atoms with Gasteiger partial charge in [0, 0.05) is 26.2 Å². The smallest absolute Gasteiger partial charge is 0.211 e. The van der Waals surface area contributed by atoms with Crippen LogP contribution in [0.2, 0.25) is 0 Å². The maximum absolute atomic E-state index is 11.1. The Labute approximate surface area is 77.9 Å². The molecule has 0 aromatic carbocycles. The summed E-state index contributed by atoms with van der Waals surface area (Å²) in [7, 11) is -3.08. The average Bonchev–Trinajstić information content (AvgIpc) is 2.03. The van der Waals surface area contributed by atoms with Crippen molar-refractivity contribution in [2.45, 2.75) is 0 Å². The van der Waals surface area contributed by atoms with E-state index in [4.69, 9.17) is 11.1 Å². The number of guanidine groups is 1. The number of piperazine rings is 1. The number of sulfonamides is 1. The second kappa shape index (κ2) is 3.51. The van der Waals surface area contributed by atoms with Crippen LogP contribution in [0.25, 0.3) is 0 Å². The largest absolute Gasteiger partial charge is 0.370 e. The Morgan fingerprint density at radius 3 is 2.08 bits per heavy atom. The van der Waals surface area contributed by atoms with E-state index in [1.165, 1.54) is 10.6 Å². The van der Waals surface area contributed by atoms with Crippen LogP contribution in [0.1, 0.15) is 0 Å². The predicted octanol–water partition coefficient (Wildman–Crippen LogP) is -1.54. The topological polar surface area (TPSA) is 90.5 Å². The zero-order chi connectivity index (χ0) is 10.1. The van der Waals surface area contributed by atoms with Crippen LogP contribution in [0.15, 0.2) is 0 Å². The van der Waals surface area contributed by atoms with Crippen molar-refractivity contribution in [3.05, 3.63) is 0 Å². The van der Waals surface area contributed by atoms with Gasteiger partial charge in [0.2, 0.25) is 10.0 Å². The van der Waals surface area contributed by atoms with E-state index < -0.39 is 10.0 Å². The second-order valence-electron chi connectivity index (χ2n) is 3.03. The number of hydrogen-bond donors (Lipinski definition) is 2. The minimum atomic E-state index is -3.08. The number of nitrogens with two attached hydrogens (primary N) is 1. The molecule has 1 heterocycles. The van der Waals surface area contributed by atoms with Gasteiger partial charge in [0.05, 0.1) is 6.26 Å². The molecule has 1 aliphatic heterocycles. The van der Waals surface area contributed by atoms with E-state index in [0.29, 0.717) is 26.2 Å². The summed E-state index contributed by atoms with van der Waals surface area (Å²) in [6.45, 7) is 1.83. The third kappa shape index (κ3) is 2.56. The van der Waals surface area contributed by atoms with Crippen molar-refractivity contribution in [3.8, 4) is 0 Å². The molecule has 0 saturated carbocycles. The number of nitrogens with one attached hydrogen (secondary N) is 1. The van der Waals surface area contributed by atoms with Gasteiger partial charge in [-0.05, 0) is 0 Å². The zero-order valence-electron chi connectivity index (χ0n) is 7.52. The fraction of sp³-hybridized carbons (Fsp3) is 0.833. The van der Waals surface area contributed by atoms with Gasteiger partial charge in [0.15, 0.2) is 5.96 Å². The number of hydrogen-bond acceptors (Lipinski definition) is 3. The zero-order valence-corrected chi connectivity index (χ0v) is 8.34. The van der Waals surface area contributed by atoms with Crippen LogP contribution in [0, 0.1) is 5.41 Å². The van der Waals surface area contributed by atoms with Crippen molar-refractivity contribution in [1.82, 2.24) is 9.21 Å². The summed E-state index contributed by atoms with van der Waals surface area (Å²) in [6, 6.07) is 0. The molecule has 0 unspecified atom stereocenters. The van der Waals surface area contributed by atoms with E-state index in [0.717, 1.165) is 0 Å². The SMILES string of the molecule is CS(=O)(=O)N1CCN(C(=N)N)CC1. The lowest BCUT2D eigenvalue weighted by atomic mass is 10.4. The van der Waals surface area contributed by atoms with Gasteiger partial charge in [-0.2, -0.15) is 4.31 Å². The molecule has 1 rings (SSSR count). The molecule has 1 aliphatic rings. The molecule has 0 aromatic heterocycles. The van der Waals surface area contributed by atoms with Gasteiger partial charge in [-0.15, -0.1) is 0 Å². The molecule has 1 fully saturated rings. The van der Waals surface area contributed by atoms with Gasteiger partial charge in [0.25, 0.3) is 0 Å². The summed E-state index contributed by atoms with van der Waals surface area (Å²) >= 11 is 0. The second-order valence-corrected chi connectivity index (χ2v) is 5.02. The van der Waals surface area contributed by atoms with Crippen LogP contribution in [-0.4, -0.2) is 56.0 Å². The highest BCUT2D eigenvalue weighted by Gasteiger charge is 2.23. The molecule has 0 aliphatic carbocycles. The normalized spacial score (nSPS) is 20.2. The summed E-state index contributed by atoms with van der Waals surface area (Å²) in [6.07, 6.45) is 1.19. The average molecular weight is 206 g/mol. The molecule has 0 radical (unpaired) electrons. The highest BCUT2D eigenvalue weighted by atomic mass is 32.2. The maximum Gasteiger partial charge on any atom is 0.211 e. The first-order chi connectivity index (χ1) is 5.91. The Hall–Kier alpha value is -0.820. The Bertz CT molecular complexity index is 292. The Balaban J connectivity index is 2.53. The van der Waals surface area contributed by atoms with Crippen LogP contribution < -0.4 is 5.73 Å². The number of nitrogens with zero attached hydrogens (tertiary/aromatic N) is 2. The van der Waals surface area contributed by atoms with E-state index in [1.807, 2.05) is 0 Å². The quantitative estimate of drug-likeness (QED) is 0.402. The monoisotopic (exact) mass is 206 g/mol. The standard InChI is InChI=1S/C6H14N4O2S/c1-13(11,12)10-4-2-9(3-5-10)6(7)8/h2-5H2,1H3,(H3,7,8). The summed E-state index contributed by atoms with van der Waals surface area (Å²) in [5.74, 6) is 0.00755. The van der Waals surface area contributed by atoms with Gasteiger partial charge in [-0.3, -0.25) is 5.41 Å². The third-order valence-electron chi connectivity index (χ3n) is 2.05. The van der Waals surface area contributed by atoms with Gasteiger partial charge in [-0.1, -0.05) is 0 Å². The van der Waals surface area contributed by atoms with Crippen molar-refractivity contribution >= 4 is 16.0 Å². The fourth-order valence-corrected chi connectivity index (χ4v) is 2.09. The molecule has 0 atom stereocenters. The first-order valence-electron chi connectivity index (χ1n) is 3.95. The fourth-order valence-electron chi connectivity index (χ4n) is 1.26. The molecule has 7 heteroatoms. The van der Waals surface area contributed by atoms with E-state index in [9.17, 15) is 8.42 Å². The van der Waals surface area contributed by atoms with Crippen LogP contribution in [-0.2, 0) is 10.0 Å². The lowest BCUT2D eigenvalue weighted by molar-refractivity contribution is 0.264. The van der Waals surface area contributed by atoms with Crippen molar-refractivity contribution in [1.29, 1.82) is 5.41 Å². The van der Waals surface area contributed by atoms with Crippen LogP contribution in [0.3, 0.4) is 0 Å². The minimum absolute atomic E-state index is 0.00755. The number of rotatable bonds is 1. The molecule has 0 bridgehead atoms. The molecular formula is C6H14N4O2S. The van der Waals surface area contributed by atoms with Gasteiger partial charge in [0.1, 0.15) is 0 Å². The Kier molecular flexibility index (Phi) is 2.77. The third-order valence-corrected chi connectivity index (χ3v) is 3.35. The summed E-state index contributed by atoms with van der Waals surface area (Å²) in [5.41, 5.74) is 5.26. The van der Waals surface area contributed by atoms with Gasteiger partial charge >= 0.3 is 0 Å². The molecular weight excluding hydrogens is 192 g/mol. The molecule has 76 valence electrons. The minimum Gasteiger partial charge on any atom is -0.370 e. The molecule has 0 aromatic rings. The molecule has 13 heavy (non-hydrogen) atoms. The van der Waals surface area contributed by atoms with E-state index in [1.54, 1.807) is 4.90 Å². The van der Waals surface area contributed by atoms with Crippen molar-refractivity contribution in [2.75, 3.05) is 32.4 Å². The van der Waals surface area contributed by atoms with E-state index >= 15 is 0 Å². The Morgan fingerprint density at radius 1 is 1.31 bits per heavy atom. The van der Waals surface area contributed by atoms with Gasteiger partial charge < -0.3 is 10.6 Å². The van der Waals surface area contributed by atoms with Crippen LogP contribution in [0.4, 0.5) is 0 Å². The first-order valence-corrected chi connectivity index (χ1v) is 5.80. The van der Waals surface area contributed by atoms with Gasteiger partial charge in [-0.25, -0.2) is 8.42 Å². The maximum atomic E-state index is 11.1. The van der Waals surface area contributed by atoms with Crippen molar-refractivity contribution in [2.24, 2.45) is 5.73 Å². The van der Waals surface area contributed by atoms with Crippen LogP contribution in [0.5, 0.6) is 0 Å². The molecule has 0 amide bonds. The lowest BCUT2D eigenvalue weighted by Gasteiger charge is -2.33. The lowest BCUT2D eigenvalue weighted by Crippen LogP contribution is -2.52. The van der Waals surface area contributed by atoms with E-state index in [-0.39, 0.29) is 5.96 Å². The highest BCUT2D eigenvalue weighted by Crippen LogP contribution is 2.04. The van der Waals surface area contributed by atoms with Crippen LogP contribution >= 0.6 is 0 Å². The van der Waals surface area contributed by atoms with Crippen molar-refractivity contribution in [3.63, 3.8) is 0 Å². The summed E-state index contributed by atoms with van der Waals surface area (Å²) in [5, 5.41) is 7.15. The van der Waals surface area contributed by atoms with E-state index in [2.05, 4.69) is 0 Å². The molecule has 1 saturated heterocycles. The molecule has 0 spiro atoms. The van der Waals surface area contributed by atoms with Crippen molar-refractivity contribution < 1.29 is 8.42 Å². The molecule has 6 nitrogen and oxygen atoms in total. The highest BCUT2D eigenvalue weighted by molar-refractivity contribution is 7.88. The first kappa shape index (κ1) is 10.3. The summed E-state index contributed by atoms with van der Waals surface area (Å²) < 4.78 is 23.6. The summed E-state index contributed by atoms with van der Waals surface area (Å²) in [4.78, 5) is 1.65.